The lowest BCUT2D eigenvalue weighted by molar-refractivity contribution is -0.128. The van der Waals surface area contributed by atoms with Crippen LogP contribution in [0.25, 0.3) is 0 Å². The lowest BCUT2D eigenvalue weighted by atomic mass is 10.1. The van der Waals surface area contributed by atoms with E-state index in [2.05, 4.69) is 5.32 Å². The number of halogens is 1. The summed E-state index contributed by atoms with van der Waals surface area (Å²) < 4.78 is 0. The monoisotopic (exact) mass is 356 g/mol. The van der Waals surface area contributed by atoms with Gasteiger partial charge in [-0.2, -0.15) is 0 Å². The minimum Gasteiger partial charge on any atom is -0.338 e. The highest BCUT2D eigenvalue weighted by molar-refractivity contribution is 6.33. The molecule has 0 bridgehead atoms. The van der Waals surface area contributed by atoms with E-state index in [9.17, 15) is 9.59 Å². The highest BCUT2D eigenvalue weighted by atomic mass is 35.5. The summed E-state index contributed by atoms with van der Waals surface area (Å²) in [5.74, 6) is -0.503. The zero-order valence-electron chi connectivity index (χ0n) is 14.4. The maximum atomic E-state index is 12.5. The number of carbonyl (C=O) groups is 2. The van der Waals surface area contributed by atoms with Gasteiger partial charge < -0.3 is 10.2 Å². The van der Waals surface area contributed by atoms with Crippen molar-refractivity contribution >= 4 is 29.1 Å². The first-order chi connectivity index (χ1) is 11.9. The van der Waals surface area contributed by atoms with E-state index in [-0.39, 0.29) is 24.2 Å². The predicted octanol–water partition coefficient (Wildman–Crippen LogP) is 3.94. The normalized spacial score (nSPS) is 17.0. The zero-order valence-corrected chi connectivity index (χ0v) is 15.1. The number of nitrogens with zero attached hydrogens (tertiary/aromatic N) is 1. The number of carbonyl (C=O) groups excluding carboxylic acids is 2. The minimum atomic E-state index is -0.352. The second-order valence-corrected chi connectivity index (χ2v) is 7.04. The molecule has 3 rings (SSSR count). The molecule has 1 atom stereocenters. The van der Waals surface area contributed by atoms with Gasteiger partial charge in [0.25, 0.3) is 0 Å². The molecule has 1 fully saturated rings. The van der Waals surface area contributed by atoms with Gasteiger partial charge >= 0.3 is 0 Å². The number of hydrogen-bond acceptors (Lipinski definition) is 2. The molecule has 2 aromatic rings. The van der Waals surface area contributed by atoms with Gasteiger partial charge in [-0.15, -0.1) is 0 Å². The van der Waals surface area contributed by atoms with Gasteiger partial charge in [-0.3, -0.25) is 9.59 Å². The van der Waals surface area contributed by atoms with Gasteiger partial charge in [0.1, 0.15) is 0 Å². The van der Waals surface area contributed by atoms with E-state index in [0.717, 1.165) is 11.1 Å². The number of aryl methyl sites for hydroxylation is 2. The summed E-state index contributed by atoms with van der Waals surface area (Å²) in [5, 5.41) is 3.35. The Labute approximate surface area is 152 Å². The molecule has 1 heterocycles. The first kappa shape index (κ1) is 17.5. The number of anilines is 1. The molecule has 2 amide bonds. The van der Waals surface area contributed by atoms with Crippen molar-refractivity contribution in [3.63, 3.8) is 0 Å². The van der Waals surface area contributed by atoms with Gasteiger partial charge in [-0.05, 0) is 37.1 Å². The summed E-state index contributed by atoms with van der Waals surface area (Å²) in [6.45, 7) is 4.94. The minimum absolute atomic E-state index is 0.00993. The fourth-order valence-corrected chi connectivity index (χ4v) is 3.25. The number of amides is 2. The quantitative estimate of drug-likeness (QED) is 0.901. The number of hydrogen-bond donors (Lipinski definition) is 1. The van der Waals surface area contributed by atoms with Crippen molar-refractivity contribution in [2.45, 2.75) is 26.8 Å². The van der Waals surface area contributed by atoms with E-state index >= 15 is 0 Å². The molecule has 130 valence electrons. The molecule has 2 aromatic carbocycles. The molecule has 25 heavy (non-hydrogen) atoms. The van der Waals surface area contributed by atoms with Crippen LogP contribution in [0.1, 0.15) is 23.1 Å². The Balaban J connectivity index is 1.63. The lowest BCUT2D eigenvalue weighted by Crippen LogP contribution is -2.28. The maximum absolute atomic E-state index is 12.5. The number of nitrogens with one attached hydrogen (secondary N) is 1. The summed E-state index contributed by atoms with van der Waals surface area (Å²) in [5.41, 5.74) is 3.87. The molecule has 0 aromatic heterocycles. The highest BCUT2D eigenvalue weighted by Gasteiger charge is 2.34. The van der Waals surface area contributed by atoms with Crippen molar-refractivity contribution in [1.82, 2.24) is 4.90 Å². The lowest BCUT2D eigenvalue weighted by Gasteiger charge is -2.17. The highest BCUT2D eigenvalue weighted by Crippen LogP contribution is 2.26. The molecule has 0 spiro atoms. The molecule has 0 saturated carbocycles. The molecule has 1 N–H and O–H groups in total. The van der Waals surface area contributed by atoms with Crippen LogP contribution in [0.5, 0.6) is 0 Å². The molecule has 1 aliphatic heterocycles. The molecule has 0 aliphatic carbocycles. The largest absolute Gasteiger partial charge is 0.338 e. The standard InChI is InChI=1S/C20H21ClN2O2/c1-13-3-6-15(7-4-13)11-23-12-16(10-19(23)24)20(25)22-18-8-5-14(2)9-17(18)21/h3-9,16H,10-12H2,1-2H3,(H,22,25)/t16-/m0/s1. The Morgan fingerprint density at radius 3 is 2.52 bits per heavy atom. The molecular formula is C20H21ClN2O2. The van der Waals surface area contributed by atoms with E-state index in [1.165, 1.54) is 5.56 Å². The van der Waals surface area contributed by atoms with Crippen LogP contribution in [0, 0.1) is 19.8 Å². The summed E-state index contributed by atoms with van der Waals surface area (Å²) >= 11 is 6.17. The Kier molecular flexibility index (Phi) is 5.09. The molecule has 4 nitrogen and oxygen atoms in total. The van der Waals surface area contributed by atoms with Gasteiger partial charge in [0.2, 0.25) is 11.8 Å². The van der Waals surface area contributed by atoms with Crippen molar-refractivity contribution < 1.29 is 9.59 Å². The van der Waals surface area contributed by atoms with E-state index in [0.29, 0.717) is 23.8 Å². The van der Waals surface area contributed by atoms with Gasteiger partial charge in [0.05, 0.1) is 16.6 Å². The average molecular weight is 357 g/mol. The van der Waals surface area contributed by atoms with Crippen molar-refractivity contribution in [3.05, 3.63) is 64.2 Å². The van der Waals surface area contributed by atoms with E-state index in [4.69, 9.17) is 11.6 Å². The first-order valence-electron chi connectivity index (χ1n) is 8.32. The van der Waals surface area contributed by atoms with Gasteiger partial charge in [0, 0.05) is 19.5 Å². The van der Waals surface area contributed by atoms with Crippen molar-refractivity contribution in [1.29, 1.82) is 0 Å². The summed E-state index contributed by atoms with van der Waals surface area (Å²) in [6, 6.07) is 13.6. The van der Waals surface area contributed by atoms with Crippen molar-refractivity contribution in [2.24, 2.45) is 5.92 Å². The van der Waals surface area contributed by atoms with E-state index in [1.54, 1.807) is 17.0 Å². The SMILES string of the molecule is Cc1ccc(CN2C[C@@H](C(=O)Nc3ccc(C)cc3Cl)CC2=O)cc1. The molecule has 5 heteroatoms. The van der Waals surface area contributed by atoms with Crippen LogP contribution in [-0.2, 0) is 16.1 Å². The average Bonchev–Trinajstić information content (AvgIpc) is 2.93. The third-order valence-corrected chi connectivity index (χ3v) is 4.77. The Morgan fingerprint density at radius 1 is 1.16 bits per heavy atom. The zero-order chi connectivity index (χ0) is 18.0. The molecule has 1 saturated heterocycles. The van der Waals surface area contributed by atoms with Crippen LogP contribution in [-0.4, -0.2) is 23.3 Å². The number of likely N-dealkylation sites (tertiary alicyclic amines) is 1. The topological polar surface area (TPSA) is 49.4 Å². The first-order valence-corrected chi connectivity index (χ1v) is 8.70. The van der Waals surface area contributed by atoms with Gasteiger partial charge in [-0.1, -0.05) is 47.5 Å². The Bertz CT molecular complexity index is 802. The third-order valence-electron chi connectivity index (χ3n) is 4.46. The van der Waals surface area contributed by atoms with Crippen LogP contribution < -0.4 is 5.32 Å². The number of rotatable bonds is 4. The summed E-state index contributed by atoms with van der Waals surface area (Å²) in [4.78, 5) is 26.5. The van der Waals surface area contributed by atoms with Crippen LogP contribution in [0.2, 0.25) is 5.02 Å². The Morgan fingerprint density at radius 2 is 1.84 bits per heavy atom. The number of benzene rings is 2. The fourth-order valence-electron chi connectivity index (χ4n) is 2.97. The van der Waals surface area contributed by atoms with Crippen molar-refractivity contribution in [2.75, 3.05) is 11.9 Å². The van der Waals surface area contributed by atoms with Crippen molar-refractivity contribution in [3.8, 4) is 0 Å². The Hall–Kier alpha value is -2.33. The molecule has 1 aliphatic rings. The van der Waals surface area contributed by atoms with Crippen LogP contribution in [0.15, 0.2) is 42.5 Å². The van der Waals surface area contributed by atoms with Gasteiger partial charge in [-0.25, -0.2) is 0 Å². The second-order valence-electron chi connectivity index (χ2n) is 6.63. The van der Waals surface area contributed by atoms with Crippen LogP contribution in [0.3, 0.4) is 0 Å². The van der Waals surface area contributed by atoms with E-state index < -0.39 is 0 Å². The van der Waals surface area contributed by atoms with Gasteiger partial charge in [0.15, 0.2) is 0 Å². The molecular weight excluding hydrogens is 336 g/mol. The summed E-state index contributed by atoms with van der Waals surface area (Å²) in [7, 11) is 0. The van der Waals surface area contributed by atoms with Crippen LogP contribution in [0.4, 0.5) is 5.69 Å². The second kappa shape index (κ2) is 7.28. The molecule has 0 radical (unpaired) electrons. The maximum Gasteiger partial charge on any atom is 0.229 e. The van der Waals surface area contributed by atoms with Crippen LogP contribution >= 0.6 is 11.6 Å². The predicted molar refractivity (Wildman–Crippen MR) is 99.5 cm³/mol. The van der Waals surface area contributed by atoms with E-state index in [1.807, 2.05) is 44.2 Å². The summed E-state index contributed by atoms with van der Waals surface area (Å²) in [6.07, 6.45) is 0.237. The third kappa shape index (κ3) is 4.20. The smallest absolute Gasteiger partial charge is 0.229 e. The fraction of sp³-hybridized carbons (Fsp3) is 0.300. The molecule has 0 unspecified atom stereocenters.